The Bertz CT molecular complexity index is 1310. The molecule has 0 aliphatic carbocycles. The summed E-state index contributed by atoms with van der Waals surface area (Å²) >= 11 is 0. The van der Waals surface area contributed by atoms with Gasteiger partial charge in [-0.2, -0.15) is 4.98 Å². The molecule has 0 bridgehead atoms. The van der Waals surface area contributed by atoms with E-state index in [9.17, 15) is 9.18 Å². The van der Waals surface area contributed by atoms with Crippen LogP contribution in [0.25, 0.3) is 28.0 Å². The molecule has 1 aliphatic rings. The highest BCUT2D eigenvalue weighted by Gasteiger charge is 2.27. The summed E-state index contributed by atoms with van der Waals surface area (Å²) in [6.07, 6.45) is 3.30. The van der Waals surface area contributed by atoms with E-state index in [1.165, 1.54) is 6.07 Å². The van der Waals surface area contributed by atoms with E-state index in [0.29, 0.717) is 23.2 Å². The van der Waals surface area contributed by atoms with E-state index >= 15 is 0 Å². The van der Waals surface area contributed by atoms with Crippen LogP contribution in [0.5, 0.6) is 0 Å². The SMILES string of the molecule is C[C@@H]1CN(C)[C@@H](C)CN1c1ccc2cc(-c3cn4cccc(F)c4n3)c(=O)oc2n1. The molecule has 0 amide bonds. The van der Waals surface area contributed by atoms with Gasteiger partial charge in [-0.15, -0.1) is 0 Å². The van der Waals surface area contributed by atoms with Crippen molar-refractivity contribution in [2.45, 2.75) is 25.9 Å². The largest absolute Gasteiger partial charge is 0.403 e. The number of hydrogen-bond donors (Lipinski definition) is 0. The van der Waals surface area contributed by atoms with Gasteiger partial charge >= 0.3 is 5.63 Å². The van der Waals surface area contributed by atoms with Crippen LogP contribution in [-0.2, 0) is 0 Å². The van der Waals surface area contributed by atoms with Gasteiger partial charge in [0.2, 0.25) is 5.71 Å². The minimum atomic E-state index is -0.546. The van der Waals surface area contributed by atoms with Crippen molar-refractivity contribution in [1.29, 1.82) is 0 Å². The molecule has 4 aromatic rings. The Morgan fingerprint density at radius 1 is 1.13 bits per heavy atom. The lowest BCUT2D eigenvalue weighted by molar-refractivity contribution is 0.205. The van der Waals surface area contributed by atoms with Gasteiger partial charge in [0.05, 0.1) is 11.3 Å². The van der Waals surface area contributed by atoms with Gasteiger partial charge in [-0.1, -0.05) is 0 Å². The molecule has 0 spiro atoms. The number of imidazole rings is 1. The quantitative estimate of drug-likeness (QED) is 0.509. The first kappa shape index (κ1) is 18.7. The monoisotopic (exact) mass is 407 g/mol. The van der Waals surface area contributed by atoms with Crippen molar-refractivity contribution in [1.82, 2.24) is 19.3 Å². The topological polar surface area (TPSA) is 66.9 Å². The Hall–Kier alpha value is -3.26. The second-order valence-corrected chi connectivity index (χ2v) is 8.01. The van der Waals surface area contributed by atoms with Gasteiger partial charge in [-0.25, -0.2) is 14.2 Å². The lowest BCUT2D eigenvalue weighted by atomic mass is 10.1. The molecule has 0 aromatic carbocycles. The molecule has 1 fully saturated rings. The minimum Gasteiger partial charge on any atom is -0.403 e. The predicted molar refractivity (Wildman–Crippen MR) is 113 cm³/mol. The highest BCUT2D eigenvalue weighted by molar-refractivity contribution is 5.80. The molecule has 0 saturated carbocycles. The highest BCUT2D eigenvalue weighted by Crippen LogP contribution is 2.25. The number of halogens is 1. The van der Waals surface area contributed by atoms with Crippen LogP contribution in [0.2, 0.25) is 0 Å². The van der Waals surface area contributed by atoms with E-state index in [4.69, 9.17) is 4.42 Å². The standard InChI is InChI=1S/C22H22FN5O2/c1-13-11-28(14(2)10-26(13)3)19-7-6-15-9-16(22(29)30-21(15)25-19)18-12-27-8-4-5-17(23)20(27)24-18/h4-9,12-14H,10-11H2,1-3H3/t13-,14+/m0/s1. The first-order valence-corrected chi connectivity index (χ1v) is 9.96. The molecule has 5 heterocycles. The van der Waals surface area contributed by atoms with Crippen molar-refractivity contribution in [2.75, 3.05) is 25.0 Å². The van der Waals surface area contributed by atoms with Gasteiger partial charge in [0.15, 0.2) is 11.5 Å². The number of hydrogen-bond acceptors (Lipinski definition) is 6. The van der Waals surface area contributed by atoms with Gasteiger partial charge < -0.3 is 13.7 Å². The number of piperazine rings is 1. The summed E-state index contributed by atoms with van der Waals surface area (Å²) in [5, 5.41) is 0.695. The van der Waals surface area contributed by atoms with Crippen molar-refractivity contribution >= 4 is 22.6 Å². The fraction of sp³-hybridized carbons (Fsp3) is 0.318. The molecule has 7 nitrogen and oxygen atoms in total. The summed E-state index contributed by atoms with van der Waals surface area (Å²) in [4.78, 5) is 26.1. The third kappa shape index (κ3) is 3.04. The molecule has 4 aromatic heterocycles. The fourth-order valence-corrected chi connectivity index (χ4v) is 4.06. The molecule has 0 radical (unpaired) electrons. The molecular weight excluding hydrogens is 385 g/mol. The Morgan fingerprint density at radius 3 is 2.77 bits per heavy atom. The normalized spacial score (nSPS) is 20.3. The maximum Gasteiger partial charge on any atom is 0.347 e. The maximum absolute atomic E-state index is 14.0. The highest BCUT2D eigenvalue weighted by atomic mass is 19.1. The number of likely N-dealkylation sites (N-methyl/N-ethyl adjacent to an activating group) is 1. The molecule has 154 valence electrons. The summed E-state index contributed by atoms with van der Waals surface area (Å²) < 4.78 is 21.1. The molecule has 0 unspecified atom stereocenters. The summed E-state index contributed by atoms with van der Waals surface area (Å²) in [7, 11) is 2.12. The lowest BCUT2D eigenvalue weighted by Gasteiger charge is -2.43. The van der Waals surface area contributed by atoms with Crippen LogP contribution in [0.1, 0.15) is 13.8 Å². The molecular formula is C22H22FN5O2. The van der Waals surface area contributed by atoms with Crippen molar-refractivity contribution < 1.29 is 8.81 Å². The maximum atomic E-state index is 14.0. The van der Waals surface area contributed by atoms with Crippen LogP contribution in [0, 0.1) is 5.82 Å². The van der Waals surface area contributed by atoms with Crippen LogP contribution >= 0.6 is 0 Å². The Morgan fingerprint density at radius 2 is 1.97 bits per heavy atom. The van der Waals surface area contributed by atoms with Gasteiger partial charge in [0.1, 0.15) is 5.82 Å². The third-order valence-electron chi connectivity index (χ3n) is 5.89. The van der Waals surface area contributed by atoms with Crippen LogP contribution in [0.15, 0.2) is 51.9 Å². The average Bonchev–Trinajstić information content (AvgIpc) is 3.15. The summed E-state index contributed by atoms with van der Waals surface area (Å²) in [5.74, 6) is 0.344. The first-order valence-electron chi connectivity index (χ1n) is 9.96. The van der Waals surface area contributed by atoms with E-state index in [0.717, 1.165) is 18.9 Å². The number of pyridine rings is 2. The number of rotatable bonds is 2. The van der Waals surface area contributed by atoms with Gasteiger partial charge in [-0.3, -0.25) is 4.90 Å². The van der Waals surface area contributed by atoms with Crippen LogP contribution in [0.3, 0.4) is 0 Å². The van der Waals surface area contributed by atoms with E-state index in [1.54, 1.807) is 28.9 Å². The van der Waals surface area contributed by atoms with Gasteiger partial charge in [0.25, 0.3) is 0 Å². The second-order valence-electron chi connectivity index (χ2n) is 8.01. The Labute approximate surface area is 172 Å². The molecule has 0 N–H and O–H groups in total. The summed E-state index contributed by atoms with van der Waals surface area (Å²) in [6, 6.07) is 9.18. The smallest absolute Gasteiger partial charge is 0.347 e. The second kappa shape index (κ2) is 6.91. The summed E-state index contributed by atoms with van der Waals surface area (Å²) in [5.41, 5.74) is 0.549. The van der Waals surface area contributed by atoms with E-state index in [1.807, 2.05) is 12.1 Å². The minimum absolute atomic E-state index is 0.165. The predicted octanol–water partition coefficient (Wildman–Crippen LogP) is 3.17. The van der Waals surface area contributed by atoms with E-state index < -0.39 is 11.4 Å². The van der Waals surface area contributed by atoms with Gasteiger partial charge in [-0.05, 0) is 51.2 Å². The zero-order valence-electron chi connectivity index (χ0n) is 17.0. The Balaban J connectivity index is 1.56. The van der Waals surface area contributed by atoms with Crippen molar-refractivity contribution in [3.05, 3.63) is 59.0 Å². The van der Waals surface area contributed by atoms with Crippen LogP contribution in [-0.4, -0.2) is 51.5 Å². The number of aromatic nitrogens is 3. The molecule has 1 saturated heterocycles. The van der Waals surface area contributed by atoms with Crippen LogP contribution < -0.4 is 10.5 Å². The average molecular weight is 407 g/mol. The lowest BCUT2D eigenvalue weighted by Crippen LogP contribution is -2.55. The molecule has 1 aliphatic heterocycles. The third-order valence-corrected chi connectivity index (χ3v) is 5.89. The van der Waals surface area contributed by atoms with E-state index in [-0.39, 0.29) is 16.9 Å². The number of anilines is 1. The zero-order chi connectivity index (χ0) is 21.0. The van der Waals surface area contributed by atoms with Crippen molar-refractivity contribution in [3.8, 4) is 11.3 Å². The van der Waals surface area contributed by atoms with Crippen molar-refractivity contribution in [3.63, 3.8) is 0 Å². The number of nitrogens with zero attached hydrogens (tertiary/aromatic N) is 5. The molecule has 5 rings (SSSR count). The van der Waals surface area contributed by atoms with Gasteiger partial charge in [0, 0.05) is 43.0 Å². The fourth-order valence-electron chi connectivity index (χ4n) is 4.06. The summed E-state index contributed by atoms with van der Waals surface area (Å²) in [6.45, 7) is 6.14. The Kier molecular flexibility index (Phi) is 4.32. The molecule has 2 atom stereocenters. The number of fused-ring (bicyclic) bond motifs is 2. The van der Waals surface area contributed by atoms with E-state index in [2.05, 4.69) is 40.7 Å². The molecule has 30 heavy (non-hydrogen) atoms. The zero-order valence-corrected chi connectivity index (χ0v) is 17.0. The van der Waals surface area contributed by atoms with Crippen LogP contribution in [0.4, 0.5) is 10.2 Å². The van der Waals surface area contributed by atoms with Crippen molar-refractivity contribution in [2.24, 2.45) is 0 Å². The first-order chi connectivity index (χ1) is 14.4. The molecule has 8 heteroatoms.